The molecule has 1 heterocycles. The number of nitrogens with zero attached hydrogens (tertiary/aromatic N) is 1. The average Bonchev–Trinajstić information content (AvgIpc) is 2.42. The lowest BCUT2D eigenvalue weighted by atomic mass is 10.1. The molecule has 3 amide bonds. The van der Waals surface area contributed by atoms with E-state index in [-0.39, 0.29) is 18.9 Å². The molecule has 6 nitrogen and oxygen atoms in total. The van der Waals surface area contributed by atoms with Crippen LogP contribution in [0.25, 0.3) is 0 Å². The highest BCUT2D eigenvalue weighted by molar-refractivity contribution is 9.10. The van der Waals surface area contributed by atoms with Crippen molar-refractivity contribution < 1.29 is 14.4 Å². The maximum atomic E-state index is 11.9. The Balaban J connectivity index is 1.98. The van der Waals surface area contributed by atoms with Gasteiger partial charge in [0.25, 0.3) is 0 Å². The SMILES string of the molecule is NC1CCC(=O)N(CC(=O)Nc2ccc(Br)cc2)C1=O. The molecule has 1 aliphatic heterocycles. The number of anilines is 1. The second kappa shape index (κ2) is 6.15. The van der Waals surface area contributed by atoms with E-state index in [0.29, 0.717) is 12.1 Å². The molecule has 2 rings (SSSR count). The van der Waals surface area contributed by atoms with Gasteiger partial charge in [0.2, 0.25) is 17.7 Å². The Labute approximate surface area is 124 Å². The number of hydrogen-bond donors (Lipinski definition) is 2. The van der Waals surface area contributed by atoms with Crippen LogP contribution < -0.4 is 11.1 Å². The van der Waals surface area contributed by atoms with Crippen molar-refractivity contribution in [3.8, 4) is 0 Å². The van der Waals surface area contributed by atoms with Gasteiger partial charge in [-0.25, -0.2) is 0 Å². The van der Waals surface area contributed by atoms with Crippen molar-refractivity contribution in [1.29, 1.82) is 0 Å². The van der Waals surface area contributed by atoms with Crippen molar-refractivity contribution >= 4 is 39.3 Å². The summed E-state index contributed by atoms with van der Waals surface area (Å²) in [6, 6.07) is 6.29. The van der Waals surface area contributed by atoms with E-state index in [4.69, 9.17) is 5.73 Å². The van der Waals surface area contributed by atoms with Crippen molar-refractivity contribution in [2.45, 2.75) is 18.9 Å². The largest absolute Gasteiger partial charge is 0.325 e. The van der Waals surface area contributed by atoms with Crippen LogP contribution in [0.5, 0.6) is 0 Å². The second-order valence-electron chi connectivity index (χ2n) is 4.52. The summed E-state index contributed by atoms with van der Waals surface area (Å²) in [5, 5.41) is 2.63. The molecule has 1 atom stereocenters. The van der Waals surface area contributed by atoms with Crippen molar-refractivity contribution in [2.75, 3.05) is 11.9 Å². The van der Waals surface area contributed by atoms with Gasteiger partial charge in [0.05, 0.1) is 6.04 Å². The fourth-order valence-electron chi connectivity index (χ4n) is 1.90. The molecule has 0 aromatic heterocycles. The van der Waals surface area contributed by atoms with Gasteiger partial charge < -0.3 is 11.1 Å². The summed E-state index contributed by atoms with van der Waals surface area (Å²) in [6.07, 6.45) is 0.529. The third kappa shape index (κ3) is 3.43. The minimum absolute atomic E-state index is 0.193. The fourth-order valence-corrected chi connectivity index (χ4v) is 2.17. The Hall–Kier alpha value is -1.73. The molecule has 0 bridgehead atoms. The standard InChI is InChI=1S/C13H14BrN3O3/c14-8-1-3-9(4-2-8)16-11(18)7-17-12(19)6-5-10(15)13(17)20/h1-4,10H,5-7,15H2,(H,16,18). The van der Waals surface area contributed by atoms with Crippen LogP contribution >= 0.6 is 15.9 Å². The summed E-state index contributed by atoms with van der Waals surface area (Å²) in [4.78, 5) is 36.2. The van der Waals surface area contributed by atoms with Gasteiger partial charge in [-0.05, 0) is 30.7 Å². The van der Waals surface area contributed by atoms with Gasteiger partial charge in [-0.1, -0.05) is 15.9 Å². The minimum atomic E-state index is -0.701. The number of carbonyl (C=O) groups excluding carboxylic acids is 3. The van der Waals surface area contributed by atoms with Crippen LogP contribution in [0.1, 0.15) is 12.8 Å². The van der Waals surface area contributed by atoms with Gasteiger partial charge in [-0.2, -0.15) is 0 Å². The maximum Gasteiger partial charge on any atom is 0.246 e. The lowest BCUT2D eigenvalue weighted by Gasteiger charge is -2.28. The van der Waals surface area contributed by atoms with E-state index in [9.17, 15) is 14.4 Å². The first-order valence-electron chi connectivity index (χ1n) is 6.12. The number of hydrogen-bond acceptors (Lipinski definition) is 4. The third-order valence-electron chi connectivity index (χ3n) is 2.98. The summed E-state index contributed by atoms with van der Waals surface area (Å²) in [6.45, 7) is -0.304. The van der Waals surface area contributed by atoms with Gasteiger partial charge in [-0.15, -0.1) is 0 Å². The Kier molecular flexibility index (Phi) is 4.51. The molecule has 7 heteroatoms. The summed E-state index contributed by atoms with van der Waals surface area (Å²) in [5.41, 5.74) is 6.19. The predicted molar refractivity (Wildman–Crippen MR) is 76.7 cm³/mol. The van der Waals surface area contributed by atoms with Gasteiger partial charge in [-0.3, -0.25) is 19.3 Å². The van der Waals surface area contributed by atoms with Gasteiger partial charge in [0.1, 0.15) is 6.54 Å². The molecule has 1 unspecified atom stereocenters. The van der Waals surface area contributed by atoms with Crippen LogP contribution in [0.2, 0.25) is 0 Å². The van der Waals surface area contributed by atoms with Crippen molar-refractivity contribution in [2.24, 2.45) is 5.73 Å². The number of nitrogens with one attached hydrogen (secondary N) is 1. The van der Waals surface area contributed by atoms with E-state index < -0.39 is 17.9 Å². The summed E-state index contributed by atoms with van der Waals surface area (Å²) >= 11 is 3.29. The highest BCUT2D eigenvalue weighted by atomic mass is 79.9. The van der Waals surface area contributed by atoms with Crippen LogP contribution in [-0.4, -0.2) is 35.2 Å². The second-order valence-corrected chi connectivity index (χ2v) is 5.43. The lowest BCUT2D eigenvalue weighted by molar-refractivity contribution is -0.151. The smallest absolute Gasteiger partial charge is 0.246 e. The topological polar surface area (TPSA) is 92.5 Å². The molecule has 1 saturated heterocycles. The first kappa shape index (κ1) is 14.7. The van der Waals surface area contributed by atoms with E-state index in [1.807, 2.05) is 0 Å². The molecule has 0 spiro atoms. The Bertz CT molecular complexity index is 544. The number of carbonyl (C=O) groups is 3. The summed E-state index contributed by atoms with van der Waals surface area (Å²) < 4.78 is 0.892. The molecular weight excluding hydrogens is 326 g/mol. The Morgan fingerprint density at radius 2 is 2.00 bits per heavy atom. The zero-order valence-electron chi connectivity index (χ0n) is 10.6. The molecule has 106 valence electrons. The highest BCUT2D eigenvalue weighted by Gasteiger charge is 2.33. The Morgan fingerprint density at radius 1 is 1.35 bits per heavy atom. The first-order valence-corrected chi connectivity index (χ1v) is 6.92. The van der Waals surface area contributed by atoms with Gasteiger partial charge in [0, 0.05) is 16.6 Å². The molecular formula is C13H14BrN3O3. The van der Waals surface area contributed by atoms with E-state index in [2.05, 4.69) is 21.2 Å². The van der Waals surface area contributed by atoms with Crippen LogP contribution in [0.4, 0.5) is 5.69 Å². The molecule has 1 aliphatic rings. The van der Waals surface area contributed by atoms with Crippen molar-refractivity contribution in [1.82, 2.24) is 4.90 Å². The quantitative estimate of drug-likeness (QED) is 0.799. The number of piperidine rings is 1. The molecule has 0 saturated carbocycles. The van der Waals surface area contributed by atoms with Crippen molar-refractivity contribution in [3.63, 3.8) is 0 Å². The van der Waals surface area contributed by atoms with E-state index in [1.54, 1.807) is 24.3 Å². The number of imide groups is 1. The molecule has 3 N–H and O–H groups in total. The number of rotatable bonds is 3. The predicted octanol–water partition coefficient (Wildman–Crippen LogP) is 0.864. The molecule has 1 aromatic rings. The number of amides is 3. The van der Waals surface area contributed by atoms with Crippen LogP contribution in [-0.2, 0) is 14.4 Å². The van der Waals surface area contributed by atoms with E-state index in [1.165, 1.54) is 0 Å². The number of nitrogens with two attached hydrogens (primary N) is 1. The highest BCUT2D eigenvalue weighted by Crippen LogP contribution is 2.15. The van der Waals surface area contributed by atoms with Crippen molar-refractivity contribution in [3.05, 3.63) is 28.7 Å². The zero-order valence-corrected chi connectivity index (χ0v) is 12.2. The molecule has 0 aliphatic carbocycles. The van der Waals surface area contributed by atoms with Crippen LogP contribution in [0.3, 0.4) is 0 Å². The molecule has 1 aromatic carbocycles. The molecule has 0 radical (unpaired) electrons. The normalized spacial score (nSPS) is 19.1. The minimum Gasteiger partial charge on any atom is -0.325 e. The lowest BCUT2D eigenvalue weighted by Crippen LogP contribution is -2.53. The van der Waals surface area contributed by atoms with Gasteiger partial charge in [0.15, 0.2) is 0 Å². The molecule has 1 fully saturated rings. The zero-order chi connectivity index (χ0) is 14.7. The van der Waals surface area contributed by atoms with Crippen LogP contribution in [0.15, 0.2) is 28.7 Å². The first-order chi connectivity index (χ1) is 9.47. The van der Waals surface area contributed by atoms with Gasteiger partial charge >= 0.3 is 0 Å². The average molecular weight is 340 g/mol. The van der Waals surface area contributed by atoms with Crippen LogP contribution in [0, 0.1) is 0 Å². The fraction of sp³-hybridized carbons (Fsp3) is 0.308. The number of halogens is 1. The summed E-state index contributed by atoms with van der Waals surface area (Å²) in [7, 11) is 0. The number of likely N-dealkylation sites (tertiary alicyclic amines) is 1. The summed E-state index contributed by atoms with van der Waals surface area (Å²) in [5.74, 6) is -1.28. The van der Waals surface area contributed by atoms with E-state index in [0.717, 1.165) is 9.37 Å². The third-order valence-corrected chi connectivity index (χ3v) is 3.51. The molecule has 20 heavy (non-hydrogen) atoms. The monoisotopic (exact) mass is 339 g/mol. The van der Waals surface area contributed by atoms with E-state index >= 15 is 0 Å². The Morgan fingerprint density at radius 3 is 2.65 bits per heavy atom. The number of benzene rings is 1. The maximum absolute atomic E-state index is 11.9.